The van der Waals surface area contributed by atoms with Crippen LogP contribution in [0.15, 0.2) is 24.3 Å². The number of ether oxygens (including phenoxy) is 1. The molecule has 1 aromatic carbocycles. The Morgan fingerprint density at radius 3 is 2.71 bits per heavy atom. The van der Waals surface area contributed by atoms with Gasteiger partial charge in [-0.15, -0.1) is 0 Å². The summed E-state index contributed by atoms with van der Waals surface area (Å²) >= 11 is 0. The maximum absolute atomic E-state index is 11.7. The first kappa shape index (κ1) is 11.7. The fourth-order valence-corrected chi connectivity index (χ4v) is 1.82. The van der Waals surface area contributed by atoms with Crippen LogP contribution in [0.4, 0.5) is 16.2 Å². The first-order chi connectivity index (χ1) is 8.15. The zero-order valence-electron chi connectivity index (χ0n) is 9.77. The second-order valence-electron chi connectivity index (χ2n) is 4.19. The Labute approximate surface area is 100 Å². The van der Waals surface area contributed by atoms with Crippen molar-refractivity contribution in [2.45, 2.75) is 25.5 Å². The van der Waals surface area contributed by atoms with Crippen molar-refractivity contribution in [2.24, 2.45) is 0 Å². The number of hydrogen-bond donors (Lipinski definition) is 3. The number of nitrogen functional groups attached to an aromatic ring is 1. The zero-order chi connectivity index (χ0) is 12.3. The number of urea groups is 1. The smallest absolute Gasteiger partial charge is 0.319 e. The van der Waals surface area contributed by atoms with Crippen LogP contribution < -0.4 is 16.4 Å². The van der Waals surface area contributed by atoms with E-state index in [0.29, 0.717) is 12.3 Å². The number of carbonyl (C=O) groups is 1. The molecule has 5 heteroatoms. The van der Waals surface area contributed by atoms with E-state index in [2.05, 4.69) is 10.6 Å². The maximum atomic E-state index is 11.7. The molecule has 2 unspecified atom stereocenters. The third-order valence-electron chi connectivity index (χ3n) is 2.86. The van der Waals surface area contributed by atoms with Crippen LogP contribution in [0.25, 0.3) is 0 Å². The van der Waals surface area contributed by atoms with Gasteiger partial charge in [0.15, 0.2) is 0 Å². The Kier molecular flexibility index (Phi) is 3.49. The lowest BCUT2D eigenvalue weighted by Gasteiger charge is -2.16. The van der Waals surface area contributed by atoms with Crippen molar-refractivity contribution in [3.63, 3.8) is 0 Å². The summed E-state index contributed by atoms with van der Waals surface area (Å²) in [5.74, 6) is 0. The van der Waals surface area contributed by atoms with E-state index in [0.717, 1.165) is 12.1 Å². The largest absolute Gasteiger partial charge is 0.399 e. The lowest BCUT2D eigenvalue weighted by molar-refractivity contribution is 0.114. The fraction of sp³-hybridized carbons (Fsp3) is 0.417. The minimum absolute atomic E-state index is 0.0761. The summed E-state index contributed by atoms with van der Waals surface area (Å²) in [6.45, 7) is 2.66. The number of amides is 2. The molecule has 0 aliphatic carbocycles. The summed E-state index contributed by atoms with van der Waals surface area (Å²) in [6.07, 6.45) is 0.934. The highest BCUT2D eigenvalue weighted by molar-refractivity contribution is 5.89. The van der Waals surface area contributed by atoms with Crippen LogP contribution in [0.3, 0.4) is 0 Å². The number of benzene rings is 1. The van der Waals surface area contributed by atoms with Crippen LogP contribution in [-0.2, 0) is 4.74 Å². The lowest BCUT2D eigenvalue weighted by Crippen LogP contribution is -2.41. The number of carbonyl (C=O) groups excluding carboxylic acids is 1. The molecule has 1 aliphatic heterocycles. The quantitative estimate of drug-likeness (QED) is 0.681. The van der Waals surface area contributed by atoms with Gasteiger partial charge in [-0.1, -0.05) is 0 Å². The average molecular weight is 235 g/mol. The third kappa shape index (κ3) is 3.10. The molecule has 1 saturated heterocycles. The molecular formula is C12H17N3O2. The second kappa shape index (κ2) is 5.05. The molecule has 0 saturated carbocycles. The van der Waals surface area contributed by atoms with Crippen LogP contribution in [0, 0.1) is 0 Å². The minimum atomic E-state index is -0.211. The van der Waals surface area contributed by atoms with Crippen LogP contribution in [0.5, 0.6) is 0 Å². The number of hydrogen-bond acceptors (Lipinski definition) is 3. The summed E-state index contributed by atoms with van der Waals surface area (Å²) in [6, 6.07) is 6.90. The Balaban J connectivity index is 1.86. The molecule has 4 N–H and O–H groups in total. The zero-order valence-corrected chi connectivity index (χ0v) is 9.77. The van der Waals surface area contributed by atoms with Crippen molar-refractivity contribution >= 4 is 17.4 Å². The summed E-state index contributed by atoms with van der Waals surface area (Å²) in [5, 5.41) is 5.64. The minimum Gasteiger partial charge on any atom is -0.399 e. The van der Waals surface area contributed by atoms with Crippen molar-refractivity contribution in [3.05, 3.63) is 24.3 Å². The topological polar surface area (TPSA) is 76.4 Å². The van der Waals surface area contributed by atoms with Crippen LogP contribution in [-0.4, -0.2) is 24.8 Å². The van der Waals surface area contributed by atoms with E-state index in [4.69, 9.17) is 10.5 Å². The van der Waals surface area contributed by atoms with E-state index in [-0.39, 0.29) is 18.2 Å². The maximum Gasteiger partial charge on any atom is 0.319 e. The SMILES string of the molecule is CC1OCCC1NC(=O)Nc1ccc(N)cc1. The van der Waals surface area contributed by atoms with Crippen LogP contribution >= 0.6 is 0 Å². The number of anilines is 2. The molecule has 1 aromatic rings. The van der Waals surface area contributed by atoms with Crippen LogP contribution in [0.2, 0.25) is 0 Å². The van der Waals surface area contributed by atoms with E-state index >= 15 is 0 Å². The first-order valence-electron chi connectivity index (χ1n) is 5.70. The van der Waals surface area contributed by atoms with Gasteiger partial charge in [0.05, 0.1) is 12.1 Å². The van der Waals surface area contributed by atoms with Crippen molar-refractivity contribution in [1.29, 1.82) is 0 Å². The first-order valence-corrected chi connectivity index (χ1v) is 5.70. The lowest BCUT2D eigenvalue weighted by atomic mass is 10.2. The average Bonchev–Trinajstić information content (AvgIpc) is 2.68. The Morgan fingerprint density at radius 1 is 1.41 bits per heavy atom. The van der Waals surface area contributed by atoms with E-state index in [1.54, 1.807) is 24.3 Å². The molecule has 2 rings (SSSR count). The number of nitrogens with one attached hydrogen (secondary N) is 2. The Hall–Kier alpha value is -1.75. The van der Waals surface area contributed by atoms with Crippen molar-refractivity contribution in [3.8, 4) is 0 Å². The Bertz CT molecular complexity index is 391. The second-order valence-corrected chi connectivity index (χ2v) is 4.19. The summed E-state index contributed by atoms with van der Waals surface area (Å²) < 4.78 is 5.37. The van der Waals surface area contributed by atoms with Crippen LogP contribution in [0.1, 0.15) is 13.3 Å². The molecule has 0 aromatic heterocycles. The van der Waals surface area contributed by atoms with Crippen molar-refractivity contribution in [1.82, 2.24) is 5.32 Å². The molecule has 1 heterocycles. The third-order valence-corrected chi connectivity index (χ3v) is 2.86. The molecule has 0 radical (unpaired) electrons. The predicted molar refractivity (Wildman–Crippen MR) is 66.8 cm³/mol. The van der Waals surface area contributed by atoms with Gasteiger partial charge < -0.3 is 21.1 Å². The van der Waals surface area contributed by atoms with Gasteiger partial charge in [-0.25, -0.2) is 4.79 Å². The van der Waals surface area contributed by atoms with E-state index in [9.17, 15) is 4.79 Å². The van der Waals surface area contributed by atoms with Gasteiger partial charge in [-0.3, -0.25) is 0 Å². The molecule has 2 atom stereocenters. The van der Waals surface area contributed by atoms with Gasteiger partial charge in [-0.2, -0.15) is 0 Å². The summed E-state index contributed by atoms with van der Waals surface area (Å²) in [7, 11) is 0. The monoisotopic (exact) mass is 235 g/mol. The molecular weight excluding hydrogens is 218 g/mol. The highest BCUT2D eigenvalue weighted by Crippen LogP contribution is 2.14. The van der Waals surface area contributed by atoms with Gasteiger partial charge in [0, 0.05) is 18.0 Å². The summed E-state index contributed by atoms with van der Waals surface area (Å²) in [5.41, 5.74) is 6.96. The van der Waals surface area contributed by atoms with Gasteiger partial charge >= 0.3 is 6.03 Å². The Morgan fingerprint density at radius 2 is 2.12 bits per heavy atom. The van der Waals surface area contributed by atoms with Crippen molar-refractivity contribution in [2.75, 3.05) is 17.7 Å². The fourth-order valence-electron chi connectivity index (χ4n) is 1.82. The predicted octanol–water partition coefficient (Wildman–Crippen LogP) is 1.57. The summed E-state index contributed by atoms with van der Waals surface area (Å²) in [4.78, 5) is 11.7. The molecule has 1 aliphatic rings. The van der Waals surface area contributed by atoms with Gasteiger partial charge in [0.2, 0.25) is 0 Å². The highest BCUT2D eigenvalue weighted by atomic mass is 16.5. The molecule has 2 amide bonds. The van der Waals surface area contributed by atoms with Gasteiger partial charge in [0.1, 0.15) is 0 Å². The van der Waals surface area contributed by atoms with E-state index < -0.39 is 0 Å². The molecule has 0 bridgehead atoms. The van der Waals surface area contributed by atoms with E-state index in [1.165, 1.54) is 0 Å². The molecule has 0 spiro atoms. The number of rotatable bonds is 2. The van der Waals surface area contributed by atoms with E-state index in [1.807, 2.05) is 6.92 Å². The van der Waals surface area contributed by atoms with Crippen molar-refractivity contribution < 1.29 is 9.53 Å². The molecule has 92 valence electrons. The number of nitrogens with two attached hydrogens (primary N) is 1. The highest BCUT2D eigenvalue weighted by Gasteiger charge is 2.25. The normalized spacial score (nSPS) is 23.4. The molecule has 17 heavy (non-hydrogen) atoms. The molecule has 1 fully saturated rings. The standard InChI is InChI=1S/C12H17N3O2/c1-8-11(6-7-17-8)15-12(16)14-10-4-2-9(13)3-5-10/h2-5,8,11H,6-7,13H2,1H3,(H2,14,15,16). The van der Waals surface area contributed by atoms with Gasteiger partial charge in [0.25, 0.3) is 0 Å². The molecule has 5 nitrogen and oxygen atoms in total. The van der Waals surface area contributed by atoms with Gasteiger partial charge in [-0.05, 0) is 37.6 Å².